The summed E-state index contributed by atoms with van der Waals surface area (Å²) in [4.78, 5) is 22.7. The zero-order valence-corrected chi connectivity index (χ0v) is 17.0. The molecule has 4 aromatic rings. The van der Waals surface area contributed by atoms with Crippen LogP contribution < -0.4 is 0 Å². The van der Waals surface area contributed by atoms with Crippen molar-refractivity contribution < 1.29 is 9.53 Å². The number of aliphatic imine (C=N–C) groups is 1. The van der Waals surface area contributed by atoms with E-state index in [2.05, 4.69) is 4.98 Å². The lowest BCUT2D eigenvalue weighted by Gasteiger charge is -2.29. The number of ether oxygens (including phenoxy) is 1. The maximum Gasteiger partial charge on any atom is 0.343 e. The van der Waals surface area contributed by atoms with Crippen molar-refractivity contribution in [1.82, 2.24) is 4.98 Å². The Labute approximate surface area is 179 Å². The van der Waals surface area contributed by atoms with E-state index in [1.807, 2.05) is 96.4 Å². The van der Waals surface area contributed by atoms with Crippen LogP contribution in [-0.2, 0) is 21.7 Å². The van der Waals surface area contributed by atoms with E-state index in [0.29, 0.717) is 0 Å². The molecule has 4 nitrogen and oxygen atoms in total. The molecule has 4 rings (SSSR count). The van der Waals surface area contributed by atoms with Crippen molar-refractivity contribution in [2.24, 2.45) is 4.99 Å². The average Bonchev–Trinajstić information content (AvgIpc) is 3.34. The molecule has 0 aliphatic heterocycles. The molecule has 0 bridgehead atoms. The van der Waals surface area contributed by atoms with Gasteiger partial charge in [-0.3, -0.25) is 4.99 Å². The van der Waals surface area contributed by atoms with Crippen LogP contribution in [0.2, 0.25) is 0 Å². The summed E-state index contributed by atoms with van der Waals surface area (Å²) in [6.07, 6.45) is 3.36. The van der Waals surface area contributed by atoms with Crippen LogP contribution in [0.3, 0.4) is 0 Å². The number of esters is 1. The lowest BCUT2D eigenvalue weighted by atomic mass is 9.83. The molecule has 5 heteroatoms. The molecule has 0 fully saturated rings. The predicted molar refractivity (Wildman–Crippen MR) is 120 cm³/mol. The smallest absolute Gasteiger partial charge is 0.343 e. The van der Waals surface area contributed by atoms with Crippen LogP contribution in [0.25, 0.3) is 0 Å². The predicted octanol–water partition coefficient (Wildman–Crippen LogP) is 5.25. The van der Waals surface area contributed by atoms with E-state index in [1.165, 1.54) is 11.3 Å². The number of hydrogen-bond donors (Lipinski definition) is 0. The first kappa shape index (κ1) is 19.7. The van der Waals surface area contributed by atoms with E-state index in [0.717, 1.165) is 21.7 Å². The molecule has 0 radical (unpaired) electrons. The van der Waals surface area contributed by atoms with Gasteiger partial charge in [-0.25, -0.2) is 9.78 Å². The molecule has 0 N–H and O–H groups in total. The highest BCUT2D eigenvalue weighted by atomic mass is 32.1. The zero-order chi connectivity index (χ0) is 20.7. The van der Waals surface area contributed by atoms with Crippen molar-refractivity contribution in [2.75, 3.05) is 0 Å². The van der Waals surface area contributed by atoms with Crippen molar-refractivity contribution in [3.63, 3.8) is 0 Å². The number of rotatable bonds is 7. The van der Waals surface area contributed by atoms with Crippen molar-refractivity contribution in [1.29, 1.82) is 0 Å². The van der Waals surface area contributed by atoms with E-state index >= 15 is 0 Å². The van der Waals surface area contributed by atoms with Crippen LogP contribution in [0, 0.1) is 0 Å². The Hall–Kier alpha value is -3.57. The summed E-state index contributed by atoms with van der Waals surface area (Å²) in [5.41, 5.74) is 1.07. The molecule has 1 aromatic heterocycles. The quantitative estimate of drug-likeness (QED) is 0.308. The van der Waals surface area contributed by atoms with Crippen molar-refractivity contribution in [2.45, 2.75) is 12.1 Å². The van der Waals surface area contributed by atoms with Crippen molar-refractivity contribution in [3.8, 4) is 0 Å². The van der Waals surface area contributed by atoms with E-state index in [9.17, 15) is 4.79 Å². The van der Waals surface area contributed by atoms with Gasteiger partial charge in [0.2, 0.25) is 5.54 Å². The summed E-state index contributed by atoms with van der Waals surface area (Å²) in [5.74, 6) is -0.434. The summed E-state index contributed by atoms with van der Waals surface area (Å²) in [6.45, 7) is 0.174. The number of carbonyl (C=O) groups is 1. The molecule has 0 aliphatic rings. The largest absolute Gasteiger partial charge is 0.458 e. The molecule has 0 saturated heterocycles. The van der Waals surface area contributed by atoms with Crippen LogP contribution in [0.1, 0.15) is 21.7 Å². The molecule has 30 heavy (non-hydrogen) atoms. The fraction of sp³-hybridized carbons (Fsp3) is 0.0800. The molecule has 0 aliphatic carbocycles. The van der Waals surface area contributed by atoms with Crippen molar-refractivity contribution >= 4 is 23.5 Å². The molecule has 0 spiro atoms. The van der Waals surface area contributed by atoms with Gasteiger partial charge in [0.05, 0.1) is 6.21 Å². The van der Waals surface area contributed by atoms with Gasteiger partial charge in [0.15, 0.2) is 0 Å². The molecule has 0 unspecified atom stereocenters. The van der Waals surface area contributed by atoms with Crippen LogP contribution >= 0.6 is 11.3 Å². The van der Waals surface area contributed by atoms with E-state index in [-0.39, 0.29) is 6.61 Å². The van der Waals surface area contributed by atoms with Crippen LogP contribution in [0.15, 0.2) is 108 Å². The Bertz CT molecular complexity index is 1060. The van der Waals surface area contributed by atoms with Gasteiger partial charge in [-0.05, 0) is 16.7 Å². The summed E-state index contributed by atoms with van der Waals surface area (Å²) < 4.78 is 5.80. The Balaban J connectivity index is 1.80. The fourth-order valence-corrected chi connectivity index (χ4v) is 3.74. The SMILES string of the molecule is O=C(OCc1ccccc1)C(N=Cc1nccs1)(c1ccccc1)c1ccccc1. The number of hydrogen-bond acceptors (Lipinski definition) is 5. The van der Waals surface area contributed by atoms with Crippen LogP contribution in [0.4, 0.5) is 0 Å². The van der Waals surface area contributed by atoms with E-state index in [4.69, 9.17) is 9.73 Å². The first-order valence-electron chi connectivity index (χ1n) is 9.56. The number of aromatic nitrogens is 1. The third kappa shape index (κ3) is 4.21. The number of nitrogens with zero attached hydrogens (tertiary/aromatic N) is 2. The lowest BCUT2D eigenvalue weighted by molar-refractivity contribution is -0.150. The molecule has 0 saturated carbocycles. The average molecular weight is 413 g/mol. The Morgan fingerprint density at radius 3 is 2.00 bits per heavy atom. The van der Waals surface area contributed by atoms with Gasteiger partial charge in [-0.15, -0.1) is 11.3 Å². The number of thiazole rings is 1. The highest BCUT2D eigenvalue weighted by Gasteiger charge is 2.43. The summed E-state index contributed by atoms with van der Waals surface area (Å²) in [6, 6.07) is 28.7. The normalized spacial score (nSPS) is 11.5. The highest BCUT2D eigenvalue weighted by Crippen LogP contribution is 2.36. The van der Waals surface area contributed by atoms with Gasteiger partial charge in [-0.1, -0.05) is 91.0 Å². The topological polar surface area (TPSA) is 51.5 Å². The minimum Gasteiger partial charge on any atom is -0.458 e. The monoisotopic (exact) mass is 412 g/mol. The first-order chi connectivity index (χ1) is 14.8. The minimum atomic E-state index is -1.33. The van der Waals surface area contributed by atoms with Gasteiger partial charge < -0.3 is 4.74 Å². The summed E-state index contributed by atoms with van der Waals surface area (Å²) in [7, 11) is 0. The van der Waals surface area contributed by atoms with Gasteiger partial charge in [0.1, 0.15) is 11.6 Å². The Morgan fingerprint density at radius 2 is 1.47 bits per heavy atom. The molecule has 0 atom stereocenters. The lowest BCUT2D eigenvalue weighted by Crippen LogP contribution is -2.37. The maximum absolute atomic E-state index is 13.6. The molecular weight excluding hydrogens is 392 g/mol. The van der Waals surface area contributed by atoms with Gasteiger partial charge >= 0.3 is 5.97 Å². The number of benzene rings is 3. The third-order valence-electron chi connectivity index (χ3n) is 4.71. The van der Waals surface area contributed by atoms with E-state index in [1.54, 1.807) is 12.4 Å². The van der Waals surface area contributed by atoms with Gasteiger partial charge in [0.25, 0.3) is 0 Å². The first-order valence-corrected chi connectivity index (χ1v) is 10.4. The molecule has 1 heterocycles. The maximum atomic E-state index is 13.6. The van der Waals surface area contributed by atoms with Gasteiger partial charge in [0, 0.05) is 11.6 Å². The highest BCUT2D eigenvalue weighted by molar-refractivity contribution is 7.11. The molecule has 0 amide bonds. The van der Waals surface area contributed by atoms with Crippen molar-refractivity contribution in [3.05, 3.63) is 124 Å². The van der Waals surface area contributed by atoms with Crippen LogP contribution in [0.5, 0.6) is 0 Å². The minimum absolute atomic E-state index is 0.174. The fourth-order valence-electron chi connectivity index (χ4n) is 3.24. The van der Waals surface area contributed by atoms with E-state index < -0.39 is 11.5 Å². The summed E-state index contributed by atoms with van der Waals surface area (Å²) >= 11 is 1.46. The standard InChI is InChI=1S/C25H20N2O2S/c28-24(29-19-20-10-4-1-5-11-20)25(21-12-6-2-7-13-21,22-14-8-3-9-15-22)27-18-23-26-16-17-30-23/h1-18H,19H2. The zero-order valence-electron chi connectivity index (χ0n) is 16.2. The third-order valence-corrected chi connectivity index (χ3v) is 5.42. The Morgan fingerprint density at radius 1 is 0.900 bits per heavy atom. The Kier molecular flexibility index (Phi) is 6.11. The second kappa shape index (κ2) is 9.29. The second-order valence-corrected chi connectivity index (χ2v) is 7.56. The van der Waals surface area contributed by atoms with Crippen LogP contribution in [-0.4, -0.2) is 17.2 Å². The van der Waals surface area contributed by atoms with Gasteiger partial charge in [-0.2, -0.15) is 0 Å². The number of carbonyl (C=O) groups excluding carboxylic acids is 1. The molecular formula is C25H20N2O2S. The second-order valence-electron chi connectivity index (χ2n) is 6.63. The molecule has 3 aromatic carbocycles. The summed E-state index contributed by atoms with van der Waals surface area (Å²) in [5, 5.41) is 2.60. The molecule has 148 valence electrons.